The zero-order valence-corrected chi connectivity index (χ0v) is 9.45. The summed E-state index contributed by atoms with van der Waals surface area (Å²) < 4.78 is 4.59. The Kier molecular flexibility index (Phi) is 7.48. The van der Waals surface area contributed by atoms with Crippen molar-refractivity contribution in [3.63, 3.8) is 0 Å². The third-order valence-electron chi connectivity index (χ3n) is 2.37. The summed E-state index contributed by atoms with van der Waals surface area (Å²) in [5, 5.41) is 9.58. The minimum atomic E-state index is -0.365. The molecule has 2 unspecified atom stereocenters. The van der Waals surface area contributed by atoms with Crippen molar-refractivity contribution in [3.8, 4) is 0 Å². The largest absolute Gasteiger partial charge is 0.469 e. The molecule has 0 saturated heterocycles. The van der Waals surface area contributed by atoms with Gasteiger partial charge in [-0.1, -0.05) is 33.1 Å². The van der Waals surface area contributed by atoms with Gasteiger partial charge < -0.3 is 9.84 Å². The normalized spacial score (nSPS) is 14.9. The molecular weight excluding hydrogens is 180 g/mol. The Balaban J connectivity index is 3.59. The molecule has 0 aliphatic rings. The zero-order chi connectivity index (χ0) is 11.0. The molecule has 2 atom stereocenters. The van der Waals surface area contributed by atoms with Crippen molar-refractivity contribution in [2.75, 3.05) is 7.11 Å². The summed E-state index contributed by atoms with van der Waals surface area (Å²) >= 11 is 0. The fraction of sp³-hybridized carbons (Fsp3) is 0.909. The van der Waals surface area contributed by atoms with Crippen LogP contribution in [0.15, 0.2) is 0 Å². The van der Waals surface area contributed by atoms with E-state index in [1.807, 2.05) is 0 Å². The van der Waals surface area contributed by atoms with Crippen molar-refractivity contribution in [3.05, 3.63) is 0 Å². The molecule has 0 aromatic rings. The minimum absolute atomic E-state index is 0.198. The number of unbranched alkanes of at least 4 members (excludes halogenated alkanes) is 2. The Hall–Kier alpha value is -0.570. The van der Waals surface area contributed by atoms with Crippen LogP contribution in [0.1, 0.15) is 46.0 Å². The van der Waals surface area contributed by atoms with Crippen molar-refractivity contribution in [2.24, 2.45) is 5.92 Å². The third-order valence-corrected chi connectivity index (χ3v) is 2.37. The number of rotatable bonds is 7. The van der Waals surface area contributed by atoms with E-state index in [1.54, 1.807) is 6.92 Å². The van der Waals surface area contributed by atoms with Gasteiger partial charge >= 0.3 is 5.97 Å². The maximum atomic E-state index is 11.0. The van der Waals surface area contributed by atoms with Gasteiger partial charge in [-0.05, 0) is 12.8 Å². The number of ether oxygens (including phenoxy) is 1. The van der Waals surface area contributed by atoms with Gasteiger partial charge in [0.05, 0.1) is 19.1 Å². The molecule has 84 valence electrons. The van der Waals surface area contributed by atoms with Crippen molar-refractivity contribution in [2.45, 2.75) is 52.1 Å². The van der Waals surface area contributed by atoms with Crippen LogP contribution >= 0.6 is 0 Å². The van der Waals surface area contributed by atoms with Gasteiger partial charge in [-0.15, -0.1) is 0 Å². The van der Waals surface area contributed by atoms with Gasteiger partial charge in [0.15, 0.2) is 0 Å². The number of esters is 1. The van der Waals surface area contributed by atoms with E-state index in [-0.39, 0.29) is 18.0 Å². The van der Waals surface area contributed by atoms with Crippen molar-refractivity contribution >= 4 is 5.97 Å². The molecule has 0 aliphatic heterocycles. The summed E-state index contributed by atoms with van der Waals surface area (Å²) in [5.74, 6) is -0.434. The SMILES string of the molecule is CCCCCC(O)CC(C)C(=O)OC. The molecule has 0 heterocycles. The van der Waals surface area contributed by atoms with Gasteiger partial charge in [-0.25, -0.2) is 0 Å². The lowest BCUT2D eigenvalue weighted by Crippen LogP contribution is -2.19. The van der Waals surface area contributed by atoms with E-state index < -0.39 is 0 Å². The molecule has 0 fully saturated rings. The molecule has 3 nitrogen and oxygen atoms in total. The number of methoxy groups -OCH3 is 1. The van der Waals surface area contributed by atoms with E-state index in [2.05, 4.69) is 11.7 Å². The average molecular weight is 202 g/mol. The molecular formula is C11H22O3. The topological polar surface area (TPSA) is 46.5 Å². The van der Waals surface area contributed by atoms with E-state index in [0.29, 0.717) is 6.42 Å². The summed E-state index contributed by atoms with van der Waals surface area (Å²) in [4.78, 5) is 11.0. The van der Waals surface area contributed by atoms with E-state index in [4.69, 9.17) is 0 Å². The minimum Gasteiger partial charge on any atom is -0.469 e. The fourth-order valence-electron chi connectivity index (χ4n) is 1.45. The van der Waals surface area contributed by atoms with Crippen LogP contribution in [-0.4, -0.2) is 24.3 Å². The van der Waals surface area contributed by atoms with Crippen molar-refractivity contribution in [1.82, 2.24) is 0 Å². The van der Waals surface area contributed by atoms with Gasteiger partial charge in [0, 0.05) is 0 Å². The highest BCUT2D eigenvalue weighted by Gasteiger charge is 2.17. The Labute approximate surface area is 86.5 Å². The molecule has 14 heavy (non-hydrogen) atoms. The van der Waals surface area contributed by atoms with Crippen LogP contribution in [-0.2, 0) is 9.53 Å². The van der Waals surface area contributed by atoms with Gasteiger partial charge in [0.1, 0.15) is 0 Å². The highest BCUT2D eigenvalue weighted by Crippen LogP contribution is 2.13. The van der Waals surface area contributed by atoms with Crippen LogP contribution in [0.25, 0.3) is 0 Å². The van der Waals surface area contributed by atoms with Gasteiger partial charge in [-0.2, -0.15) is 0 Å². The maximum absolute atomic E-state index is 11.0. The molecule has 0 saturated carbocycles. The summed E-state index contributed by atoms with van der Waals surface area (Å²) in [6, 6.07) is 0. The molecule has 0 aliphatic carbocycles. The van der Waals surface area contributed by atoms with E-state index in [9.17, 15) is 9.90 Å². The first-order chi connectivity index (χ1) is 6.61. The van der Waals surface area contributed by atoms with Gasteiger partial charge in [0.25, 0.3) is 0 Å². The van der Waals surface area contributed by atoms with Crippen molar-refractivity contribution in [1.29, 1.82) is 0 Å². The number of hydrogen-bond donors (Lipinski definition) is 1. The number of aliphatic hydroxyl groups excluding tert-OH is 1. The lowest BCUT2D eigenvalue weighted by molar-refractivity contribution is -0.145. The lowest BCUT2D eigenvalue weighted by Gasteiger charge is -2.14. The first-order valence-electron chi connectivity index (χ1n) is 5.37. The summed E-state index contributed by atoms with van der Waals surface area (Å²) in [5.41, 5.74) is 0. The fourth-order valence-corrected chi connectivity index (χ4v) is 1.45. The van der Waals surface area contributed by atoms with Gasteiger partial charge in [-0.3, -0.25) is 4.79 Å². The van der Waals surface area contributed by atoms with Gasteiger partial charge in [0.2, 0.25) is 0 Å². The Morgan fingerprint density at radius 3 is 2.57 bits per heavy atom. The average Bonchev–Trinajstić information content (AvgIpc) is 2.16. The molecule has 3 heteroatoms. The Bertz CT molecular complexity index is 157. The van der Waals surface area contributed by atoms with Crippen LogP contribution in [0.3, 0.4) is 0 Å². The number of aliphatic hydroxyl groups is 1. The number of hydrogen-bond acceptors (Lipinski definition) is 3. The molecule has 0 amide bonds. The molecule has 0 aromatic heterocycles. The highest BCUT2D eigenvalue weighted by molar-refractivity contribution is 5.71. The predicted molar refractivity (Wildman–Crippen MR) is 55.9 cm³/mol. The standard InChI is InChI=1S/C11H22O3/c1-4-5-6-7-10(12)8-9(2)11(13)14-3/h9-10,12H,4-8H2,1-3H3. The van der Waals surface area contributed by atoms with Crippen LogP contribution in [0, 0.1) is 5.92 Å². The zero-order valence-electron chi connectivity index (χ0n) is 9.45. The molecule has 1 N–H and O–H groups in total. The summed E-state index contributed by atoms with van der Waals surface area (Å²) in [7, 11) is 1.38. The highest BCUT2D eigenvalue weighted by atomic mass is 16.5. The molecule has 0 spiro atoms. The molecule has 0 rings (SSSR count). The van der Waals surface area contributed by atoms with Crippen LogP contribution in [0.4, 0.5) is 0 Å². The van der Waals surface area contributed by atoms with Crippen molar-refractivity contribution < 1.29 is 14.6 Å². The second-order valence-electron chi connectivity index (χ2n) is 3.81. The molecule has 0 aromatic carbocycles. The summed E-state index contributed by atoms with van der Waals surface area (Å²) in [6.07, 6.45) is 4.26. The maximum Gasteiger partial charge on any atom is 0.308 e. The Morgan fingerprint density at radius 1 is 1.43 bits per heavy atom. The smallest absolute Gasteiger partial charge is 0.308 e. The van der Waals surface area contributed by atoms with Crippen LogP contribution in [0.5, 0.6) is 0 Å². The van der Waals surface area contributed by atoms with E-state index in [1.165, 1.54) is 7.11 Å². The van der Waals surface area contributed by atoms with E-state index in [0.717, 1.165) is 25.7 Å². The first-order valence-corrected chi connectivity index (χ1v) is 5.37. The molecule has 0 radical (unpaired) electrons. The monoisotopic (exact) mass is 202 g/mol. The van der Waals surface area contributed by atoms with Crippen LogP contribution in [0.2, 0.25) is 0 Å². The quantitative estimate of drug-likeness (QED) is 0.508. The first kappa shape index (κ1) is 13.4. The number of carbonyl (C=O) groups excluding carboxylic acids is 1. The Morgan fingerprint density at radius 2 is 2.07 bits per heavy atom. The predicted octanol–water partition coefficient (Wildman–Crippen LogP) is 2.13. The van der Waals surface area contributed by atoms with Crippen LogP contribution < -0.4 is 0 Å². The third kappa shape index (κ3) is 5.97. The lowest BCUT2D eigenvalue weighted by atomic mass is 10.00. The summed E-state index contributed by atoms with van der Waals surface area (Å²) in [6.45, 7) is 3.92. The number of carbonyl (C=O) groups is 1. The second-order valence-corrected chi connectivity index (χ2v) is 3.81. The van der Waals surface area contributed by atoms with E-state index >= 15 is 0 Å². The second kappa shape index (κ2) is 7.80. The molecule has 0 bridgehead atoms.